The van der Waals surface area contributed by atoms with Gasteiger partial charge >= 0.3 is 0 Å². The van der Waals surface area contributed by atoms with Gasteiger partial charge in [-0.3, -0.25) is 0 Å². The largest absolute Gasteiger partial charge is 0.383 e. The SMILES string of the molecule is COCCN1CCC2(CC1)CC(OC)C2. The van der Waals surface area contributed by atoms with Gasteiger partial charge in [-0.1, -0.05) is 0 Å². The Hall–Kier alpha value is -0.120. The van der Waals surface area contributed by atoms with Crippen molar-refractivity contribution in [3.05, 3.63) is 0 Å². The smallest absolute Gasteiger partial charge is 0.0589 e. The summed E-state index contributed by atoms with van der Waals surface area (Å²) in [5.41, 5.74) is 0.643. The minimum atomic E-state index is 0.551. The average molecular weight is 213 g/mol. The number of likely N-dealkylation sites (tertiary alicyclic amines) is 1. The molecule has 0 radical (unpaired) electrons. The minimum absolute atomic E-state index is 0.551. The van der Waals surface area contributed by atoms with Crippen LogP contribution in [0.5, 0.6) is 0 Å². The van der Waals surface area contributed by atoms with Crippen LogP contribution < -0.4 is 0 Å². The molecule has 1 saturated carbocycles. The standard InChI is InChI=1S/C12H23NO2/c1-14-8-7-13-5-3-12(4-6-13)9-11(10-12)15-2/h11H,3-10H2,1-2H3. The highest BCUT2D eigenvalue weighted by molar-refractivity contribution is 4.97. The zero-order valence-electron chi connectivity index (χ0n) is 10.00. The van der Waals surface area contributed by atoms with Gasteiger partial charge in [0.15, 0.2) is 0 Å². The third kappa shape index (κ3) is 2.52. The van der Waals surface area contributed by atoms with Crippen LogP contribution in [0.3, 0.4) is 0 Å². The first-order chi connectivity index (χ1) is 7.28. The summed E-state index contributed by atoms with van der Waals surface area (Å²) in [5, 5.41) is 0. The van der Waals surface area contributed by atoms with Crippen LogP contribution in [0.25, 0.3) is 0 Å². The first kappa shape index (κ1) is 11.4. The normalized spacial score (nSPS) is 26.8. The number of piperidine rings is 1. The van der Waals surface area contributed by atoms with Crippen LogP contribution >= 0.6 is 0 Å². The van der Waals surface area contributed by atoms with Crippen molar-refractivity contribution < 1.29 is 9.47 Å². The van der Waals surface area contributed by atoms with Crippen LogP contribution in [0.4, 0.5) is 0 Å². The van der Waals surface area contributed by atoms with Crippen LogP contribution in [0, 0.1) is 5.41 Å². The van der Waals surface area contributed by atoms with E-state index in [-0.39, 0.29) is 0 Å². The molecule has 0 aromatic rings. The molecule has 1 spiro atoms. The fourth-order valence-corrected chi connectivity index (χ4v) is 2.95. The maximum absolute atomic E-state index is 5.37. The lowest BCUT2D eigenvalue weighted by Crippen LogP contribution is -2.50. The second kappa shape index (κ2) is 4.81. The first-order valence-electron chi connectivity index (χ1n) is 6.02. The van der Waals surface area contributed by atoms with Crippen molar-refractivity contribution in [2.45, 2.75) is 31.8 Å². The molecule has 0 bridgehead atoms. The highest BCUT2D eigenvalue weighted by Crippen LogP contribution is 2.49. The zero-order valence-corrected chi connectivity index (χ0v) is 10.00. The van der Waals surface area contributed by atoms with E-state index < -0.39 is 0 Å². The molecular formula is C12H23NO2. The summed E-state index contributed by atoms with van der Waals surface area (Å²) < 4.78 is 10.5. The molecule has 2 rings (SSSR count). The molecule has 0 atom stereocenters. The number of methoxy groups -OCH3 is 2. The van der Waals surface area contributed by atoms with Gasteiger partial charge in [0.25, 0.3) is 0 Å². The van der Waals surface area contributed by atoms with Gasteiger partial charge in [-0.05, 0) is 44.2 Å². The van der Waals surface area contributed by atoms with Crippen LogP contribution in [0.1, 0.15) is 25.7 Å². The molecule has 0 aromatic carbocycles. The van der Waals surface area contributed by atoms with Gasteiger partial charge in [0.1, 0.15) is 0 Å². The number of ether oxygens (including phenoxy) is 2. The molecule has 15 heavy (non-hydrogen) atoms. The van der Waals surface area contributed by atoms with Crippen molar-refractivity contribution in [2.75, 3.05) is 40.5 Å². The molecule has 0 N–H and O–H groups in total. The lowest BCUT2D eigenvalue weighted by Gasteiger charge is -2.51. The van der Waals surface area contributed by atoms with E-state index in [1.54, 1.807) is 7.11 Å². The molecule has 0 unspecified atom stereocenters. The van der Waals surface area contributed by atoms with Crippen molar-refractivity contribution in [2.24, 2.45) is 5.41 Å². The van der Waals surface area contributed by atoms with Gasteiger partial charge < -0.3 is 14.4 Å². The van der Waals surface area contributed by atoms with E-state index in [0.717, 1.165) is 13.2 Å². The maximum Gasteiger partial charge on any atom is 0.0589 e. The Morgan fingerprint density at radius 3 is 2.40 bits per heavy atom. The molecule has 88 valence electrons. The second-order valence-corrected chi connectivity index (χ2v) is 5.10. The summed E-state index contributed by atoms with van der Waals surface area (Å²) in [6, 6.07) is 0. The van der Waals surface area contributed by atoms with Crippen LogP contribution in [0.2, 0.25) is 0 Å². The lowest BCUT2D eigenvalue weighted by molar-refractivity contribution is -0.0887. The predicted octanol–water partition coefficient (Wildman–Crippen LogP) is 1.52. The number of rotatable bonds is 4. The van der Waals surface area contributed by atoms with E-state index in [9.17, 15) is 0 Å². The van der Waals surface area contributed by atoms with Gasteiger partial charge in [-0.2, -0.15) is 0 Å². The molecular weight excluding hydrogens is 190 g/mol. The second-order valence-electron chi connectivity index (χ2n) is 5.10. The molecule has 1 aliphatic carbocycles. The monoisotopic (exact) mass is 213 g/mol. The fraction of sp³-hybridized carbons (Fsp3) is 1.00. The molecule has 1 heterocycles. The van der Waals surface area contributed by atoms with E-state index in [2.05, 4.69) is 4.90 Å². The van der Waals surface area contributed by atoms with E-state index in [1.807, 2.05) is 7.11 Å². The molecule has 1 saturated heterocycles. The topological polar surface area (TPSA) is 21.7 Å². The molecule has 2 fully saturated rings. The summed E-state index contributed by atoms with van der Waals surface area (Å²) in [7, 11) is 3.62. The van der Waals surface area contributed by atoms with Gasteiger partial charge in [-0.15, -0.1) is 0 Å². The summed E-state index contributed by atoms with van der Waals surface area (Å²) >= 11 is 0. The third-order valence-corrected chi connectivity index (χ3v) is 4.18. The highest BCUT2D eigenvalue weighted by Gasteiger charge is 2.45. The van der Waals surface area contributed by atoms with Crippen molar-refractivity contribution in [1.29, 1.82) is 0 Å². The first-order valence-corrected chi connectivity index (χ1v) is 6.02. The summed E-state index contributed by atoms with van der Waals surface area (Å²) in [4.78, 5) is 2.52. The van der Waals surface area contributed by atoms with Crippen LogP contribution in [0.15, 0.2) is 0 Å². The third-order valence-electron chi connectivity index (χ3n) is 4.18. The van der Waals surface area contributed by atoms with Gasteiger partial charge in [0, 0.05) is 20.8 Å². The Labute approximate surface area is 92.7 Å². The van der Waals surface area contributed by atoms with Crippen molar-refractivity contribution in [3.63, 3.8) is 0 Å². The molecule has 1 aliphatic heterocycles. The van der Waals surface area contributed by atoms with Crippen molar-refractivity contribution in [3.8, 4) is 0 Å². The Kier molecular flexibility index (Phi) is 3.65. The zero-order chi connectivity index (χ0) is 10.7. The summed E-state index contributed by atoms with van der Waals surface area (Å²) in [6.45, 7) is 4.47. The fourth-order valence-electron chi connectivity index (χ4n) is 2.95. The number of hydrogen-bond acceptors (Lipinski definition) is 3. The summed E-state index contributed by atoms with van der Waals surface area (Å²) in [6.07, 6.45) is 5.85. The quantitative estimate of drug-likeness (QED) is 0.707. The van der Waals surface area contributed by atoms with Gasteiger partial charge in [0.05, 0.1) is 12.7 Å². The molecule has 0 amide bonds. The predicted molar refractivity (Wildman–Crippen MR) is 60.0 cm³/mol. The molecule has 3 heteroatoms. The summed E-state index contributed by atoms with van der Waals surface area (Å²) in [5.74, 6) is 0. The van der Waals surface area contributed by atoms with Gasteiger partial charge in [-0.25, -0.2) is 0 Å². The average Bonchev–Trinajstić information content (AvgIpc) is 2.24. The molecule has 3 nitrogen and oxygen atoms in total. The lowest BCUT2D eigenvalue weighted by atomic mass is 9.61. The molecule has 2 aliphatic rings. The van der Waals surface area contributed by atoms with Crippen LogP contribution in [-0.2, 0) is 9.47 Å². The van der Waals surface area contributed by atoms with Crippen molar-refractivity contribution in [1.82, 2.24) is 4.90 Å². The Morgan fingerprint density at radius 2 is 1.87 bits per heavy atom. The highest BCUT2D eigenvalue weighted by atomic mass is 16.5. The van der Waals surface area contributed by atoms with Crippen LogP contribution in [-0.4, -0.2) is 51.5 Å². The Balaban J connectivity index is 1.69. The number of hydrogen-bond donors (Lipinski definition) is 0. The van der Waals surface area contributed by atoms with E-state index in [4.69, 9.17) is 9.47 Å². The van der Waals surface area contributed by atoms with E-state index in [0.29, 0.717) is 11.5 Å². The maximum atomic E-state index is 5.37. The molecule has 0 aromatic heterocycles. The Bertz CT molecular complexity index is 192. The van der Waals surface area contributed by atoms with Crippen molar-refractivity contribution >= 4 is 0 Å². The van der Waals surface area contributed by atoms with E-state index >= 15 is 0 Å². The van der Waals surface area contributed by atoms with Gasteiger partial charge in [0.2, 0.25) is 0 Å². The Morgan fingerprint density at radius 1 is 1.20 bits per heavy atom. The number of nitrogens with zero attached hydrogens (tertiary/aromatic N) is 1. The minimum Gasteiger partial charge on any atom is -0.383 e. The van der Waals surface area contributed by atoms with E-state index in [1.165, 1.54) is 38.8 Å².